The quantitative estimate of drug-likeness (QED) is 0.715. The minimum atomic E-state index is -0.283. The highest BCUT2D eigenvalue weighted by Crippen LogP contribution is 2.28. The lowest BCUT2D eigenvalue weighted by atomic mass is 10.1. The number of fused-ring (bicyclic) bond motifs is 1. The Bertz CT molecular complexity index is 1100. The van der Waals surface area contributed by atoms with Crippen LogP contribution in [0.3, 0.4) is 0 Å². The topological polar surface area (TPSA) is 80.1 Å². The lowest BCUT2D eigenvalue weighted by Gasteiger charge is -2.22. The fourth-order valence-electron chi connectivity index (χ4n) is 3.72. The first-order valence-corrected chi connectivity index (χ1v) is 10.3. The van der Waals surface area contributed by atoms with Crippen LogP contribution >= 0.6 is 0 Å². The second-order valence-corrected chi connectivity index (χ2v) is 8.83. The van der Waals surface area contributed by atoms with Crippen LogP contribution in [0.1, 0.15) is 59.9 Å². The summed E-state index contributed by atoms with van der Waals surface area (Å²) < 4.78 is 1.98. The summed E-state index contributed by atoms with van der Waals surface area (Å²) in [7, 11) is 0. The van der Waals surface area contributed by atoms with Crippen molar-refractivity contribution < 1.29 is 9.59 Å². The molecule has 3 heterocycles. The van der Waals surface area contributed by atoms with Gasteiger partial charge in [-0.05, 0) is 52.7 Å². The molecule has 0 atom stereocenters. The zero-order valence-corrected chi connectivity index (χ0v) is 17.9. The third-order valence-electron chi connectivity index (χ3n) is 5.43. The van der Waals surface area contributed by atoms with Crippen LogP contribution in [0.5, 0.6) is 0 Å². The predicted molar refractivity (Wildman–Crippen MR) is 117 cm³/mol. The zero-order valence-electron chi connectivity index (χ0n) is 17.9. The van der Waals surface area contributed by atoms with Crippen molar-refractivity contribution in [3.63, 3.8) is 0 Å². The highest BCUT2D eigenvalue weighted by molar-refractivity contribution is 6.07. The maximum atomic E-state index is 13.1. The lowest BCUT2D eigenvalue weighted by Crippen LogP contribution is -2.27. The van der Waals surface area contributed by atoms with Crippen molar-refractivity contribution in [1.82, 2.24) is 19.4 Å². The molecule has 1 saturated heterocycles. The number of aromatic nitrogens is 3. The molecule has 30 heavy (non-hydrogen) atoms. The van der Waals surface area contributed by atoms with Crippen LogP contribution in [-0.2, 0) is 5.54 Å². The van der Waals surface area contributed by atoms with E-state index in [2.05, 4.69) is 36.1 Å². The molecule has 2 aromatic heterocycles. The van der Waals surface area contributed by atoms with Crippen LogP contribution < -0.4 is 5.32 Å². The number of hydrogen-bond acceptors (Lipinski definition) is 4. The number of nitrogens with zero attached hydrogens (tertiary/aromatic N) is 4. The Morgan fingerprint density at radius 3 is 2.37 bits per heavy atom. The monoisotopic (exact) mass is 405 g/mol. The molecule has 0 saturated carbocycles. The third kappa shape index (κ3) is 3.79. The second kappa shape index (κ2) is 7.55. The van der Waals surface area contributed by atoms with Crippen molar-refractivity contribution in [1.29, 1.82) is 0 Å². The van der Waals surface area contributed by atoms with Gasteiger partial charge in [-0.2, -0.15) is 4.98 Å². The van der Waals surface area contributed by atoms with E-state index >= 15 is 0 Å². The van der Waals surface area contributed by atoms with Crippen LogP contribution in [0.15, 0.2) is 36.7 Å². The van der Waals surface area contributed by atoms with Crippen molar-refractivity contribution in [2.75, 3.05) is 18.4 Å². The lowest BCUT2D eigenvalue weighted by molar-refractivity contribution is 0.0794. The number of likely N-dealkylation sites (tertiary alicyclic amines) is 1. The molecular formula is C23H27N5O2. The van der Waals surface area contributed by atoms with Gasteiger partial charge in [-0.25, -0.2) is 4.98 Å². The molecule has 0 spiro atoms. The fraction of sp³-hybridized carbons (Fsp3) is 0.391. The molecule has 0 radical (unpaired) electrons. The second-order valence-electron chi connectivity index (χ2n) is 8.83. The zero-order chi connectivity index (χ0) is 21.5. The van der Waals surface area contributed by atoms with Gasteiger partial charge in [0.15, 0.2) is 0 Å². The number of nitrogens with one attached hydrogen (secondary N) is 1. The Morgan fingerprint density at radius 2 is 1.73 bits per heavy atom. The van der Waals surface area contributed by atoms with Gasteiger partial charge in [-0.3, -0.25) is 14.9 Å². The molecule has 1 aliphatic rings. The number of anilines is 1. The minimum absolute atomic E-state index is 0.0144. The van der Waals surface area contributed by atoms with Crippen LogP contribution in [0.4, 0.5) is 5.95 Å². The largest absolute Gasteiger partial charge is 0.339 e. The molecule has 1 aliphatic heterocycles. The van der Waals surface area contributed by atoms with Crippen LogP contribution in [-0.4, -0.2) is 44.3 Å². The van der Waals surface area contributed by atoms with E-state index in [9.17, 15) is 9.59 Å². The summed E-state index contributed by atoms with van der Waals surface area (Å²) in [6, 6.07) is 7.32. The highest BCUT2D eigenvalue weighted by Gasteiger charge is 2.27. The standard InChI is InChI=1S/C23H27N5O2/c1-15-7-9-16(10-8-15)20(29)26-22-24-13-17-18(21(30)27-11-5-6-12-27)14-28(19(17)25-22)23(2,3)4/h7-10,13-14H,5-6,11-12H2,1-4H3,(H,24,25,26,29). The van der Waals surface area contributed by atoms with Crippen molar-refractivity contribution in [2.24, 2.45) is 0 Å². The summed E-state index contributed by atoms with van der Waals surface area (Å²) in [4.78, 5) is 36.5. The van der Waals surface area contributed by atoms with Crippen molar-refractivity contribution in [3.05, 3.63) is 53.3 Å². The summed E-state index contributed by atoms with van der Waals surface area (Å²) in [5.41, 5.74) is 2.59. The summed E-state index contributed by atoms with van der Waals surface area (Å²) >= 11 is 0. The van der Waals surface area contributed by atoms with Gasteiger partial charge in [-0.1, -0.05) is 17.7 Å². The van der Waals surface area contributed by atoms with Gasteiger partial charge in [-0.15, -0.1) is 0 Å². The Hall–Kier alpha value is -3.22. The van der Waals surface area contributed by atoms with E-state index in [1.54, 1.807) is 18.3 Å². The number of carbonyl (C=O) groups excluding carboxylic acids is 2. The molecule has 4 rings (SSSR count). The van der Waals surface area contributed by atoms with Crippen molar-refractivity contribution in [3.8, 4) is 0 Å². The Morgan fingerprint density at radius 1 is 1.07 bits per heavy atom. The van der Waals surface area contributed by atoms with E-state index in [-0.39, 0.29) is 23.3 Å². The molecule has 7 heteroatoms. The van der Waals surface area contributed by atoms with E-state index in [0.717, 1.165) is 31.5 Å². The van der Waals surface area contributed by atoms with Gasteiger partial charge < -0.3 is 9.47 Å². The van der Waals surface area contributed by atoms with E-state index < -0.39 is 0 Å². The van der Waals surface area contributed by atoms with Gasteiger partial charge in [0.2, 0.25) is 5.95 Å². The Kier molecular flexibility index (Phi) is 5.05. The number of benzene rings is 1. The van der Waals surface area contributed by atoms with Gasteiger partial charge in [0.25, 0.3) is 11.8 Å². The number of hydrogen-bond donors (Lipinski definition) is 1. The Labute approximate surface area is 176 Å². The van der Waals surface area contributed by atoms with Gasteiger partial charge in [0.1, 0.15) is 5.65 Å². The number of aryl methyl sites for hydroxylation is 1. The molecule has 0 unspecified atom stereocenters. The maximum absolute atomic E-state index is 13.1. The van der Waals surface area contributed by atoms with Gasteiger partial charge in [0.05, 0.1) is 10.9 Å². The van der Waals surface area contributed by atoms with Gasteiger partial charge >= 0.3 is 0 Å². The molecule has 7 nitrogen and oxygen atoms in total. The van der Waals surface area contributed by atoms with E-state index in [4.69, 9.17) is 0 Å². The predicted octanol–water partition coefficient (Wildman–Crippen LogP) is 3.98. The SMILES string of the molecule is Cc1ccc(C(=O)Nc2ncc3c(C(=O)N4CCCC4)cn(C(C)(C)C)c3n2)cc1. The smallest absolute Gasteiger partial charge is 0.258 e. The summed E-state index contributed by atoms with van der Waals surface area (Å²) in [6.07, 6.45) is 5.58. The molecule has 2 amide bonds. The van der Waals surface area contributed by atoms with Crippen LogP contribution in [0, 0.1) is 6.92 Å². The fourth-order valence-corrected chi connectivity index (χ4v) is 3.72. The van der Waals surface area contributed by atoms with E-state index in [1.165, 1.54) is 0 Å². The number of carbonyl (C=O) groups is 2. The molecule has 0 bridgehead atoms. The molecule has 1 N–H and O–H groups in total. The molecule has 1 aromatic carbocycles. The normalized spacial score (nSPS) is 14.3. The molecule has 0 aliphatic carbocycles. The summed E-state index contributed by atoms with van der Waals surface area (Å²) in [6.45, 7) is 9.72. The maximum Gasteiger partial charge on any atom is 0.258 e. The van der Waals surface area contributed by atoms with E-state index in [1.807, 2.05) is 34.7 Å². The molecular weight excluding hydrogens is 378 g/mol. The third-order valence-corrected chi connectivity index (χ3v) is 5.43. The van der Waals surface area contributed by atoms with Crippen molar-refractivity contribution in [2.45, 2.75) is 46.1 Å². The minimum Gasteiger partial charge on any atom is -0.339 e. The van der Waals surface area contributed by atoms with Crippen LogP contribution in [0.25, 0.3) is 11.0 Å². The van der Waals surface area contributed by atoms with Crippen LogP contribution in [0.2, 0.25) is 0 Å². The van der Waals surface area contributed by atoms with Crippen molar-refractivity contribution >= 4 is 28.8 Å². The average molecular weight is 406 g/mol. The molecule has 3 aromatic rings. The van der Waals surface area contributed by atoms with E-state index in [0.29, 0.717) is 22.2 Å². The number of rotatable bonds is 3. The molecule has 156 valence electrons. The first-order chi connectivity index (χ1) is 14.2. The molecule has 1 fully saturated rings. The summed E-state index contributed by atoms with van der Waals surface area (Å²) in [5.74, 6) is -0.0334. The Balaban J connectivity index is 1.71. The first-order valence-electron chi connectivity index (χ1n) is 10.3. The van der Waals surface area contributed by atoms with Gasteiger partial charge in [0, 0.05) is 36.6 Å². The number of amides is 2. The average Bonchev–Trinajstić information content (AvgIpc) is 3.35. The highest BCUT2D eigenvalue weighted by atomic mass is 16.2. The summed E-state index contributed by atoms with van der Waals surface area (Å²) in [5, 5.41) is 3.48. The first kappa shape index (κ1) is 20.1.